The Kier molecular flexibility index (Phi) is 6.83. The third kappa shape index (κ3) is 5.67. The van der Waals surface area contributed by atoms with Crippen LogP contribution in [0.5, 0.6) is 0 Å². The van der Waals surface area contributed by atoms with Crippen molar-refractivity contribution in [2.45, 2.75) is 0 Å². The predicted octanol–water partition coefficient (Wildman–Crippen LogP) is 2.81. The van der Waals surface area contributed by atoms with Gasteiger partial charge in [0.25, 0.3) is 0 Å². The Morgan fingerprint density at radius 1 is 0.636 bits per heavy atom. The molecule has 0 spiro atoms. The molecular weight excluding hydrogens is 172 g/mol. The third-order valence-electron chi connectivity index (χ3n) is 1.11. The summed E-state index contributed by atoms with van der Waals surface area (Å²) in [6.45, 7) is 0. The van der Waals surface area contributed by atoms with Gasteiger partial charge in [-0.25, -0.2) is 12.1 Å². The molecule has 0 atom stereocenters. The van der Waals surface area contributed by atoms with E-state index in [4.69, 9.17) is 0 Å². The number of rotatable bonds is 0. The van der Waals surface area contributed by atoms with Gasteiger partial charge in [-0.05, 0) is 0 Å². The van der Waals surface area contributed by atoms with Crippen LogP contribution in [0, 0.1) is 0 Å². The summed E-state index contributed by atoms with van der Waals surface area (Å²) < 4.78 is 0. The van der Waals surface area contributed by atoms with E-state index in [2.05, 4.69) is 0 Å². The molecule has 0 N–H and O–H groups in total. The summed E-state index contributed by atoms with van der Waals surface area (Å²) in [5, 5.41) is 0. The second-order valence-electron chi connectivity index (χ2n) is 1.92. The van der Waals surface area contributed by atoms with E-state index in [0.717, 1.165) is 0 Å². The molecule has 11 heavy (non-hydrogen) atoms. The van der Waals surface area contributed by atoms with Gasteiger partial charge in [0.2, 0.25) is 0 Å². The number of hydrogen-bond acceptors (Lipinski definition) is 0. The third-order valence-corrected chi connectivity index (χ3v) is 1.11. The van der Waals surface area contributed by atoms with Crippen molar-refractivity contribution in [2.24, 2.45) is 0 Å². The summed E-state index contributed by atoms with van der Waals surface area (Å²) >= 11 is 0. The fraction of sp³-hybridized carbons (Fsp3) is 0. The maximum absolute atomic E-state index is 2.00. The zero-order valence-electron chi connectivity index (χ0n) is 6.18. The fourth-order valence-corrected chi connectivity index (χ4v) is 0.642. The standard InChI is InChI=1S/2C5H5.Cr/c2*1-2-4-5-3-1;/h2*1-5H;/q-5;-1;. The van der Waals surface area contributed by atoms with Crippen molar-refractivity contribution in [1.29, 1.82) is 0 Å². The largest absolute Gasteiger partial charge is 0.748 e. The first-order valence-corrected chi connectivity index (χ1v) is 3.33. The Morgan fingerprint density at radius 3 is 1.18 bits per heavy atom. The summed E-state index contributed by atoms with van der Waals surface area (Å²) in [6.07, 6.45) is 0. The second kappa shape index (κ2) is 7.34. The van der Waals surface area contributed by atoms with Crippen LogP contribution in [-0.2, 0) is 17.4 Å². The summed E-state index contributed by atoms with van der Waals surface area (Å²) in [5.74, 6) is 0. The van der Waals surface area contributed by atoms with Crippen LogP contribution in [0.1, 0.15) is 0 Å². The molecule has 0 aromatic heterocycles. The average molecular weight is 182 g/mol. The van der Waals surface area contributed by atoms with Gasteiger partial charge in [-0.3, -0.25) is 0 Å². The normalized spacial score (nSPS) is 7.27. The smallest absolute Gasteiger partial charge is 0 e. The van der Waals surface area contributed by atoms with Gasteiger partial charge in [-0.2, -0.15) is 18.2 Å². The monoisotopic (exact) mass is 182 g/mol. The molecule has 62 valence electrons. The first-order chi connectivity index (χ1) is 5.00. The van der Waals surface area contributed by atoms with Crippen LogP contribution < -0.4 is 0 Å². The molecule has 0 bridgehead atoms. The molecule has 0 amide bonds. The molecule has 0 aliphatic heterocycles. The van der Waals surface area contributed by atoms with E-state index in [9.17, 15) is 0 Å². The first kappa shape index (κ1) is 10.2. The summed E-state index contributed by atoms with van der Waals surface area (Å²) in [4.78, 5) is 0. The van der Waals surface area contributed by atoms with Crippen LogP contribution in [0.3, 0.4) is 0 Å². The van der Waals surface area contributed by atoms with E-state index < -0.39 is 0 Å². The molecule has 0 radical (unpaired) electrons. The van der Waals surface area contributed by atoms with Crippen molar-refractivity contribution in [3.8, 4) is 0 Å². The minimum atomic E-state index is 0. The predicted molar refractivity (Wildman–Crippen MR) is 44.1 cm³/mol. The Morgan fingerprint density at radius 2 is 1.00 bits per heavy atom. The van der Waals surface area contributed by atoms with Gasteiger partial charge in [-0.1, -0.05) is 0 Å². The first-order valence-electron chi connectivity index (χ1n) is 3.33. The van der Waals surface area contributed by atoms with E-state index in [1.807, 2.05) is 60.7 Å². The topological polar surface area (TPSA) is 0 Å². The fourth-order valence-electron chi connectivity index (χ4n) is 0.642. The van der Waals surface area contributed by atoms with E-state index in [1.165, 1.54) is 0 Å². The molecule has 0 fully saturated rings. The SMILES string of the molecule is [Cr].[cH-]1[cH-][cH-][cH-][cH-]1.c1cc[cH-]c1. The van der Waals surface area contributed by atoms with Crippen molar-refractivity contribution in [3.63, 3.8) is 0 Å². The molecule has 2 aromatic carbocycles. The number of hydrogen-bond donors (Lipinski definition) is 0. The van der Waals surface area contributed by atoms with Crippen LogP contribution in [-0.4, -0.2) is 0 Å². The van der Waals surface area contributed by atoms with E-state index in [1.54, 1.807) is 0 Å². The molecule has 0 aliphatic carbocycles. The van der Waals surface area contributed by atoms with Gasteiger partial charge in [0.15, 0.2) is 0 Å². The molecule has 0 heterocycles. The quantitative estimate of drug-likeness (QED) is 0.549. The summed E-state index contributed by atoms with van der Waals surface area (Å²) in [7, 11) is 0. The van der Waals surface area contributed by atoms with Crippen LogP contribution in [0.4, 0.5) is 0 Å². The van der Waals surface area contributed by atoms with Crippen molar-refractivity contribution in [2.75, 3.05) is 0 Å². The van der Waals surface area contributed by atoms with E-state index in [0.29, 0.717) is 0 Å². The molecule has 2 rings (SSSR count). The maximum atomic E-state index is 2.00. The van der Waals surface area contributed by atoms with E-state index >= 15 is 0 Å². The molecule has 1 heteroatoms. The zero-order valence-corrected chi connectivity index (χ0v) is 7.46. The van der Waals surface area contributed by atoms with Gasteiger partial charge in [0, 0.05) is 17.4 Å². The molecule has 0 nitrogen and oxygen atoms in total. The van der Waals surface area contributed by atoms with Gasteiger partial charge in [0.05, 0.1) is 0 Å². The molecule has 2 aromatic rings. The minimum absolute atomic E-state index is 0. The van der Waals surface area contributed by atoms with Crippen molar-refractivity contribution in [1.82, 2.24) is 0 Å². The molecule has 0 unspecified atom stereocenters. The van der Waals surface area contributed by atoms with Crippen molar-refractivity contribution < 1.29 is 17.4 Å². The van der Waals surface area contributed by atoms with Gasteiger partial charge in [-0.15, -0.1) is 0 Å². The Bertz CT molecular complexity index is 144. The van der Waals surface area contributed by atoms with Gasteiger partial charge in [0.1, 0.15) is 0 Å². The van der Waals surface area contributed by atoms with Gasteiger partial charge >= 0.3 is 0 Å². The molecule has 0 saturated heterocycles. The molecular formula is C10H10Cr-6. The van der Waals surface area contributed by atoms with Gasteiger partial charge < -0.3 is 30.3 Å². The zero-order chi connectivity index (χ0) is 7.07. The Balaban J connectivity index is 0.000000167. The maximum Gasteiger partial charge on any atom is 0 e. The minimum Gasteiger partial charge on any atom is -0.748 e. The summed E-state index contributed by atoms with van der Waals surface area (Å²) in [5.41, 5.74) is 0. The average Bonchev–Trinajstić information content (AvgIpc) is 2.67. The van der Waals surface area contributed by atoms with Crippen LogP contribution in [0.25, 0.3) is 0 Å². The second-order valence-corrected chi connectivity index (χ2v) is 1.92. The van der Waals surface area contributed by atoms with Crippen LogP contribution in [0.2, 0.25) is 0 Å². The molecule has 0 saturated carbocycles. The van der Waals surface area contributed by atoms with Crippen molar-refractivity contribution >= 4 is 0 Å². The Hall–Kier alpha value is -0.768. The molecule has 0 aliphatic rings. The Labute approximate surface area is 78.3 Å². The van der Waals surface area contributed by atoms with Crippen LogP contribution >= 0.6 is 0 Å². The van der Waals surface area contributed by atoms with Crippen molar-refractivity contribution in [3.05, 3.63) is 60.7 Å². The van der Waals surface area contributed by atoms with E-state index in [-0.39, 0.29) is 17.4 Å². The summed E-state index contributed by atoms with van der Waals surface area (Å²) in [6, 6.07) is 20.0. The van der Waals surface area contributed by atoms with Crippen LogP contribution in [0.15, 0.2) is 60.7 Å².